The van der Waals surface area contributed by atoms with Crippen LogP contribution in [0.4, 0.5) is 0 Å². The summed E-state index contributed by atoms with van der Waals surface area (Å²) in [5.74, 6) is 0. The summed E-state index contributed by atoms with van der Waals surface area (Å²) in [4.78, 5) is 5.64. The van der Waals surface area contributed by atoms with Crippen molar-refractivity contribution >= 4 is 11.3 Å². The molecule has 1 aromatic carbocycles. The highest BCUT2D eigenvalue weighted by atomic mass is 32.1. The molecule has 0 aliphatic rings. The highest BCUT2D eigenvalue weighted by molar-refractivity contribution is 7.09. The molecule has 2 rings (SSSR count). The molecule has 0 saturated carbocycles. The number of nitrogens with one attached hydrogen (secondary N) is 1. The minimum absolute atomic E-state index is 0.341. The van der Waals surface area contributed by atoms with Crippen LogP contribution in [0.2, 0.25) is 0 Å². The van der Waals surface area contributed by atoms with Crippen LogP contribution in [-0.4, -0.2) is 4.98 Å². The minimum Gasteiger partial charge on any atom is -0.303 e. The Balaban J connectivity index is 2.05. The van der Waals surface area contributed by atoms with E-state index in [2.05, 4.69) is 62.3 Å². The van der Waals surface area contributed by atoms with Gasteiger partial charge >= 0.3 is 0 Å². The van der Waals surface area contributed by atoms with Crippen LogP contribution < -0.4 is 5.32 Å². The van der Waals surface area contributed by atoms with E-state index in [1.54, 1.807) is 11.3 Å². The summed E-state index contributed by atoms with van der Waals surface area (Å²) in [7, 11) is 0. The van der Waals surface area contributed by atoms with E-state index >= 15 is 0 Å². The highest BCUT2D eigenvalue weighted by Crippen LogP contribution is 2.24. The molecule has 0 bridgehead atoms. The van der Waals surface area contributed by atoms with Crippen LogP contribution in [-0.2, 0) is 0 Å². The monoisotopic (exact) mass is 260 g/mol. The summed E-state index contributed by atoms with van der Waals surface area (Å²) in [5.41, 5.74) is 5.68. The van der Waals surface area contributed by atoms with E-state index in [-0.39, 0.29) is 0 Å². The summed E-state index contributed by atoms with van der Waals surface area (Å²) < 4.78 is 0. The van der Waals surface area contributed by atoms with E-state index in [9.17, 15) is 0 Å². The Labute approximate surface area is 113 Å². The SMILES string of the molecule is Cc1ccc(C(C)NC(C)c2scnc2C)cc1. The summed E-state index contributed by atoms with van der Waals surface area (Å²) in [6, 6.07) is 9.40. The molecule has 18 heavy (non-hydrogen) atoms. The Kier molecular flexibility index (Phi) is 4.15. The van der Waals surface area contributed by atoms with Crippen LogP contribution in [0.25, 0.3) is 0 Å². The van der Waals surface area contributed by atoms with Gasteiger partial charge in [-0.05, 0) is 33.3 Å². The third-order valence-corrected chi connectivity index (χ3v) is 4.37. The summed E-state index contributed by atoms with van der Waals surface area (Å²) in [6.45, 7) is 8.59. The Bertz CT molecular complexity index is 501. The van der Waals surface area contributed by atoms with Crippen LogP contribution in [0, 0.1) is 13.8 Å². The first-order valence-electron chi connectivity index (χ1n) is 6.30. The molecule has 2 nitrogen and oxygen atoms in total. The standard InChI is InChI=1S/C15H20N2S/c1-10-5-7-14(8-6-10)11(2)17-13(4)15-12(3)16-9-18-15/h5-9,11,13,17H,1-4H3. The topological polar surface area (TPSA) is 24.9 Å². The zero-order valence-corrected chi connectivity index (χ0v) is 12.2. The van der Waals surface area contributed by atoms with Gasteiger partial charge in [0.15, 0.2) is 0 Å². The largest absolute Gasteiger partial charge is 0.303 e. The maximum absolute atomic E-state index is 4.31. The second-order valence-corrected chi connectivity index (χ2v) is 5.71. The van der Waals surface area contributed by atoms with Crippen LogP contribution in [0.5, 0.6) is 0 Å². The molecule has 0 fully saturated rings. The Morgan fingerprint density at radius 2 is 1.72 bits per heavy atom. The van der Waals surface area contributed by atoms with Crippen molar-refractivity contribution < 1.29 is 0 Å². The third-order valence-electron chi connectivity index (χ3n) is 3.25. The molecule has 0 aliphatic carbocycles. The number of rotatable bonds is 4. The number of nitrogens with zero attached hydrogens (tertiary/aromatic N) is 1. The molecule has 0 saturated heterocycles. The predicted molar refractivity (Wildman–Crippen MR) is 78.0 cm³/mol. The fraction of sp³-hybridized carbons (Fsp3) is 0.400. The van der Waals surface area contributed by atoms with Gasteiger partial charge in [0.2, 0.25) is 0 Å². The predicted octanol–water partition coefficient (Wildman–Crippen LogP) is 4.17. The number of hydrogen-bond donors (Lipinski definition) is 1. The lowest BCUT2D eigenvalue weighted by molar-refractivity contribution is 0.498. The summed E-state index contributed by atoms with van der Waals surface area (Å²) in [6.07, 6.45) is 0. The zero-order chi connectivity index (χ0) is 13.1. The van der Waals surface area contributed by atoms with Crippen molar-refractivity contribution in [2.24, 2.45) is 0 Å². The molecule has 2 atom stereocenters. The average molecular weight is 260 g/mol. The van der Waals surface area contributed by atoms with E-state index in [0.717, 1.165) is 5.69 Å². The van der Waals surface area contributed by atoms with Crippen LogP contribution in [0.15, 0.2) is 29.8 Å². The van der Waals surface area contributed by atoms with Gasteiger partial charge in [-0.15, -0.1) is 11.3 Å². The molecule has 1 aromatic heterocycles. The normalized spacial score (nSPS) is 14.4. The Hall–Kier alpha value is -1.19. The van der Waals surface area contributed by atoms with Crippen molar-refractivity contribution in [1.82, 2.24) is 10.3 Å². The maximum atomic E-state index is 4.31. The van der Waals surface area contributed by atoms with Gasteiger partial charge in [-0.3, -0.25) is 0 Å². The van der Waals surface area contributed by atoms with E-state index in [4.69, 9.17) is 0 Å². The first kappa shape index (κ1) is 13.2. The van der Waals surface area contributed by atoms with Gasteiger partial charge in [0.1, 0.15) is 0 Å². The van der Waals surface area contributed by atoms with Crippen LogP contribution in [0.1, 0.15) is 47.6 Å². The smallest absolute Gasteiger partial charge is 0.0798 e. The van der Waals surface area contributed by atoms with Gasteiger partial charge in [-0.1, -0.05) is 29.8 Å². The van der Waals surface area contributed by atoms with E-state index in [1.165, 1.54) is 16.0 Å². The molecular formula is C15H20N2S. The van der Waals surface area contributed by atoms with E-state index in [1.807, 2.05) is 5.51 Å². The van der Waals surface area contributed by atoms with Crippen molar-refractivity contribution in [3.05, 3.63) is 51.5 Å². The van der Waals surface area contributed by atoms with Crippen molar-refractivity contribution in [2.45, 2.75) is 39.8 Å². The van der Waals surface area contributed by atoms with Gasteiger partial charge in [-0.25, -0.2) is 4.98 Å². The van der Waals surface area contributed by atoms with Crippen molar-refractivity contribution in [3.63, 3.8) is 0 Å². The Morgan fingerprint density at radius 3 is 2.28 bits per heavy atom. The van der Waals surface area contributed by atoms with Crippen molar-refractivity contribution in [2.75, 3.05) is 0 Å². The fourth-order valence-corrected chi connectivity index (χ4v) is 2.95. The molecule has 0 amide bonds. The van der Waals surface area contributed by atoms with Crippen molar-refractivity contribution in [1.29, 1.82) is 0 Å². The van der Waals surface area contributed by atoms with Crippen LogP contribution in [0.3, 0.4) is 0 Å². The van der Waals surface area contributed by atoms with Gasteiger partial charge in [0, 0.05) is 17.0 Å². The Morgan fingerprint density at radius 1 is 1.06 bits per heavy atom. The number of benzene rings is 1. The third kappa shape index (κ3) is 2.98. The molecule has 0 aliphatic heterocycles. The zero-order valence-electron chi connectivity index (χ0n) is 11.4. The molecule has 96 valence electrons. The van der Waals surface area contributed by atoms with Crippen LogP contribution >= 0.6 is 11.3 Å². The van der Waals surface area contributed by atoms with Gasteiger partial charge in [0.25, 0.3) is 0 Å². The lowest BCUT2D eigenvalue weighted by Gasteiger charge is -2.20. The second-order valence-electron chi connectivity index (χ2n) is 4.82. The van der Waals surface area contributed by atoms with Gasteiger partial charge in [0.05, 0.1) is 11.2 Å². The van der Waals surface area contributed by atoms with Gasteiger partial charge < -0.3 is 5.32 Å². The lowest BCUT2D eigenvalue weighted by atomic mass is 10.1. The molecule has 0 spiro atoms. The first-order chi connectivity index (χ1) is 8.58. The van der Waals surface area contributed by atoms with E-state index in [0.29, 0.717) is 12.1 Å². The number of thiazole rings is 1. The number of hydrogen-bond acceptors (Lipinski definition) is 3. The fourth-order valence-electron chi connectivity index (χ4n) is 2.13. The first-order valence-corrected chi connectivity index (χ1v) is 7.18. The molecule has 2 aromatic rings. The summed E-state index contributed by atoms with van der Waals surface area (Å²) >= 11 is 1.72. The summed E-state index contributed by atoms with van der Waals surface area (Å²) in [5, 5.41) is 3.63. The van der Waals surface area contributed by atoms with E-state index < -0.39 is 0 Å². The average Bonchev–Trinajstić information content (AvgIpc) is 2.76. The quantitative estimate of drug-likeness (QED) is 0.892. The molecule has 3 heteroatoms. The molecule has 1 N–H and O–H groups in total. The molecule has 2 unspecified atom stereocenters. The lowest BCUT2D eigenvalue weighted by Crippen LogP contribution is -2.22. The molecular weight excluding hydrogens is 240 g/mol. The van der Waals surface area contributed by atoms with Crippen molar-refractivity contribution in [3.8, 4) is 0 Å². The second kappa shape index (κ2) is 5.63. The molecule has 1 heterocycles. The van der Waals surface area contributed by atoms with Gasteiger partial charge in [-0.2, -0.15) is 0 Å². The minimum atomic E-state index is 0.341. The number of aromatic nitrogens is 1. The number of aryl methyl sites for hydroxylation is 2. The highest BCUT2D eigenvalue weighted by Gasteiger charge is 2.14. The maximum Gasteiger partial charge on any atom is 0.0798 e. The molecule has 0 radical (unpaired) electrons.